The number of benzene rings is 1. The van der Waals surface area contributed by atoms with E-state index in [2.05, 4.69) is 15.3 Å². The first-order chi connectivity index (χ1) is 15.2. The van der Waals surface area contributed by atoms with Gasteiger partial charge in [-0.1, -0.05) is 36.4 Å². The van der Waals surface area contributed by atoms with Gasteiger partial charge in [0, 0.05) is 18.9 Å². The summed E-state index contributed by atoms with van der Waals surface area (Å²) in [5.74, 6) is 0. The maximum absolute atomic E-state index is 12.3. The molecule has 3 aromatic rings. The monoisotopic (exact) mass is 433 g/mol. The standard InChI is InChI=1S/C24H28BN3O4/c1-23(2)24(3,4)32-25(31-23)19(12-18-13-21-20(27-14-18)10-11-26-21)15-28-22(29)30-16-17-8-6-5-7-9-17/h5-14,26H,15-16H2,1-4H3,(H,28,29). The van der Waals surface area contributed by atoms with Crippen molar-refractivity contribution in [1.29, 1.82) is 0 Å². The van der Waals surface area contributed by atoms with Crippen LogP contribution in [0.4, 0.5) is 4.79 Å². The number of amides is 1. The summed E-state index contributed by atoms with van der Waals surface area (Å²) in [6.45, 7) is 8.41. The Morgan fingerprint density at radius 3 is 2.59 bits per heavy atom. The number of nitrogens with one attached hydrogen (secondary N) is 2. The van der Waals surface area contributed by atoms with E-state index < -0.39 is 24.4 Å². The van der Waals surface area contributed by atoms with Gasteiger partial charge in [-0.05, 0) is 56.4 Å². The number of aromatic amines is 1. The van der Waals surface area contributed by atoms with Gasteiger partial charge in [-0.25, -0.2) is 4.79 Å². The number of carbonyl (C=O) groups excluding carboxylic acids is 1. The van der Waals surface area contributed by atoms with E-state index >= 15 is 0 Å². The average molecular weight is 433 g/mol. The zero-order valence-corrected chi connectivity index (χ0v) is 18.8. The molecule has 1 aliphatic heterocycles. The van der Waals surface area contributed by atoms with Crippen molar-refractivity contribution in [3.05, 3.63) is 71.5 Å². The predicted molar refractivity (Wildman–Crippen MR) is 125 cm³/mol. The molecule has 2 N–H and O–H groups in total. The number of carbonyl (C=O) groups is 1. The first-order valence-electron chi connectivity index (χ1n) is 10.7. The summed E-state index contributed by atoms with van der Waals surface area (Å²) in [4.78, 5) is 20.0. The highest BCUT2D eigenvalue weighted by Gasteiger charge is 2.52. The zero-order valence-electron chi connectivity index (χ0n) is 18.8. The molecule has 166 valence electrons. The van der Waals surface area contributed by atoms with Crippen molar-refractivity contribution in [2.75, 3.05) is 6.54 Å². The fraction of sp³-hybridized carbons (Fsp3) is 0.333. The summed E-state index contributed by atoms with van der Waals surface area (Å²) in [5.41, 5.74) is 3.41. The first-order valence-corrected chi connectivity index (χ1v) is 10.7. The highest BCUT2D eigenvalue weighted by Crippen LogP contribution is 2.38. The molecule has 1 saturated heterocycles. The second kappa shape index (κ2) is 8.80. The van der Waals surface area contributed by atoms with Gasteiger partial charge in [-0.3, -0.25) is 4.98 Å². The fourth-order valence-electron chi connectivity index (χ4n) is 3.39. The fourth-order valence-corrected chi connectivity index (χ4v) is 3.39. The third-order valence-corrected chi connectivity index (χ3v) is 5.98. The molecule has 0 bridgehead atoms. The third-order valence-electron chi connectivity index (χ3n) is 5.98. The van der Waals surface area contributed by atoms with Crippen LogP contribution in [0, 0.1) is 0 Å². The largest absolute Gasteiger partial charge is 0.492 e. The number of aromatic nitrogens is 2. The topological polar surface area (TPSA) is 85.5 Å². The summed E-state index contributed by atoms with van der Waals surface area (Å²) in [6.07, 6.45) is 5.07. The van der Waals surface area contributed by atoms with Crippen LogP contribution in [-0.4, -0.2) is 40.9 Å². The highest BCUT2D eigenvalue weighted by atomic mass is 16.7. The predicted octanol–water partition coefficient (Wildman–Crippen LogP) is 4.50. The van der Waals surface area contributed by atoms with Crippen molar-refractivity contribution in [2.24, 2.45) is 0 Å². The highest BCUT2D eigenvalue weighted by molar-refractivity contribution is 6.56. The minimum Gasteiger partial charge on any atom is -0.445 e. The Hall–Kier alpha value is -3.10. The number of ether oxygens (including phenoxy) is 1. The molecule has 2 aromatic heterocycles. The van der Waals surface area contributed by atoms with E-state index in [1.807, 2.05) is 82.4 Å². The smallest absolute Gasteiger partial charge is 0.445 e. The Morgan fingerprint density at radius 2 is 1.88 bits per heavy atom. The minimum atomic E-state index is -0.603. The molecule has 3 heterocycles. The van der Waals surface area contributed by atoms with Crippen LogP contribution in [0.25, 0.3) is 17.1 Å². The van der Waals surface area contributed by atoms with Crippen molar-refractivity contribution in [2.45, 2.75) is 45.5 Å². The van der Waals surface area contributed by atoms with Crippen LogP contribution in [0.1, 0.15) is 38.8 Å². The number of H-pyrrole nitrogens is 1. The van der Waals surface area contributed by atoms with E-state index in [1.54, 1.807) is 6.20 Å². The third kappa shape index (κ3) is 4.87. The van der Waals surface area contributed by atoms with E-state index in [0.717, 1.165) is 27.6 Å². The average Bonchev–Trinajstić information content (AvgIpc) is 3.31. The molecule has 1 aliphatic rings. The van der Waals surface area contributed by atoms with Gasteiger partial charge in [0.2, 0.25) is 0 Å². The summed E-state index contributed by atoms with van der Waals surface area (Å²) in [5, 5.41) is 2.82. The molecule has 1 fully saturated rings. The second-order valence-electron chi connectivity index (χ2n) is 8.90. The van der Waals surface area contributed by atoms with E-state index in [1.165, 1.54) is 0 Å². The Balaban J connectivity index is 1.50. The van der Waals surface area contributed by atoms with Crippen LogP contribution >= 0.6 is 0 Å². The van der Waals surface area contributed by atoms with E-state index in [-0.39, 0.29) is 13.2 Å². The number of alkyl carbamates (subject to hydrolysis) is 1. The van der Waals surface area contributed by atoms with E-state index in [0.29, 0.717) is 0 Å². The lowest BCUT2D eigenvalue weighted by molar-refractivity contribution is 0.00578. The molecule has 0 atom stereocenters. The molecule has 1 aromatic carbocycles. The van der Waals surface area contributed by atoms with Gasteiger partial charge in [0.05, 0.1) is 22.2 Å². The molecule has 7 nitrogen and oxygen atoms in total. The Bertz CT molecular complexity index is 1110. The molecule has 0 unspecified atom stereocenters. The molecule has 32 heavy (non-hydrogen) atoms. The minimum absolute atomic E-state index is 0.204. The number of nitrogens with zero attached hydrogens (tertiary/aromatic N) is 1. The molecule has 4 rings (SSSR count). The van der Waals surface area contributed by atoms with Crippen molar-refractivity contribution in [3.63, 3.8) is 0 Å². The van der Waals surface area contributed by atoms with Crippen molar-refractivity contribution in [3.8, 4) is 0 Å². The van der Waals surface area contributed by atoms with Gasteiger partial charge in [-0.2, -0.15) is 0 Å². The molecule has 0 radical (unpaired) electrons. The van der Waals surface area contributed by atoms with Gasteiger partial charge >= 0.3 is 13.2 Å². The SMILES string of the molecule is CC1(C)OB(C(=Cc2cnc3cc[nH]c3c2)CNC(=O)OCc2ccccc2)OC1(C)C. The van der Waals surface area contributed by atoms with Crippen LogP contribution in [-0.2, 0) is 20.7 Å². The lowest BCUT2D eigenvalue weighted by Gasteiger charge is -2.32. The van der Waals surface area contributed by atoms with E-state index in [4.69, 9.17) is 14.0 Å². The van der Waals surface area contributed by atoms with Crippen LogP contribution in [0.5, 0.6) is 0 Å². The van der Waals surface area contributed by atoms with Gasteiger partial charge in [0.25, 0.3) is 0 Å². The lowest BCUT2D eigenvalue weighted by atomic mass is 9.77. The number of hydrogen-bond acceptors (Lipinski definition) is 5. The number of hydrogen-bond donors (Lipinski definition) is 2. The first kappa shape index (κ1) is 22.1. The number of rotatable bonds is 6. The van der Waals surface area contributed by atoms with Crippen molar-refractivity contribution < 1.29 is 18.8 Å². The number of fused-ring (bicyclic) bond motifs is 1. The molecule has 8 heteroatoms. The normalized spacial score (nSPS) is 17.5. The van der Waals surface area contributed by atoms with Crippen LogP contribution in [0.15, 0.2) is 60.3 Å². The zero-order chi connectivity index (χ0) is 22.8. The molecule has 1 amide bonds. The van der Waals surface area contributed by atoms with Crippen molar-refractivity contribution in [1.82, 2.24) is 15.3 Å². The number of pyridine rings is 1. The molecular weight excluding hydrogens is 405 g/mol. The van der Waals surface area contributed by atoms with Gasteiger partial charge in [-0.15, -0.1) is 0 Å². The summed E-state index contributed by atoms with van der Waals surface area (Å²) >= 11 is 0. The van der Waals surface area contributed by atoms with Crippen molar-refractivity contribution >= 4 is 30.3 Å². The summed E-state index contributed by atoms with van der Waals surface area (Å²) in [6, 6.07) is 13.5. The summed E-state index contributed by atoms with van der Waals surface area (Å²) in [7, 11) is -0.603. The Morgan fingerprint density at radius 1 is 1.16 bits per heavy atom. The van der Waals surface area contributed by atoms with Gasteiger partial charge < -0.3 is 24.3 Å². The Kier molecular flexibility index (Phi) is 6.08. The quantitative estimate of drug-likeness (QED) is 0.559. The molecular formula is C24H28BN3O4. The Labute approximate surface area is 188 Å². The van der Waals surface area contributed by atoms with Gasteiger partial charge in [0.1, 0.15) is 6.61 Å². The van der Waals surface area contributed by atoms with E-state index in [9.17, 15) is 4.79 Å². The second-order valence-corrected chi connectivity index (χ2v) is 8.90. The molecule has 0 saturated carbocycles. The van der Waals surface area contributed by atoms with Crippen LogP contribution in [0.3, 0.4) is 0 Å². The van der Waals surface area contributed by atoms with Crippen LogP contribution in [0.2, 0.25) is 0 Å². The maximum Gasteiger partial charge on any atom is 0.492 e. The maximum atomic E-state index is 12.3. The van der Waals surface area contributed by atoms with Gasteiger partial charge in [0.15, 0.2) is 0 Å². The summed E-state index contributed by atoms with van der Waals surface area (Å²) < 4.78 is 17.8. The molecule has 0 spiro atoms. The van der Waals surface area contributed by atoms with Crippen LogP contribution < -0.4 is 5.32 Å². The lowest BCUT2D eigenvalue weighted by Crippen LogP contribution is -2.41. The molecule has 0 aliphatic carbocycles.